The highest BCUT2D eigenvalue weighted by molar-refractivity contribution is 6.01. The van der Waals surface area contributed by atoms with Crippen LogP contribution in [0.15, 0.2) is 47.5 Å². The van der Waals surface area contributed by atoms with Crippen molar-refractivity contribution in [3.05, 3.63) is 42.5 Å². The first-order chi connectivity index (χ1) is 10.2. The summed E-state index contributed by atoms with van der Waals surface area (Å²) >= 11 is 0. The summed E-state index contributed by atoms with van der Waals surface area (Å²) in [6.07, 6.45) is -0.150. The molecule has 1 atom stereocenters. The third-order valence-corrected chi connectivity index (χ3v) is 3.28. The number of hydrogen-bond donors (Lipinski definition) is 2. The van der Waals surface area contributed by atoms with Crippen LogP contribution in [0.3, 0.4) is 0 Å². The molecule has 0 radical (unpaired) electrons. The minimum atomic E-state index is -0.150. The molecule has 0 spiro atoms. The van der Waals surface area contributed by atoms with E-state index in [9.17, 15) is 0 Å². The highest BCUT2D eigenvalue weighted by atomic mass is 16.5. The van der Waals surface area contributed by atoms with Gasteiger partial charge >= 0.3 is 0 Å². The van der Waals surface area contributed by atoms with Crippen molar-refractivity contribution in [3.8, 4) is 11.5 Å². The molecule has 108 valence electrons. The van der Waals surface area contributed by atoms with E-state index in [-0.39, 0.29) is 6.10 Å². The van der Waals surface area contributed by atoms with Gasteiger partial charge in [-0.2, -0.15) is 0 Å². The number of methoxy groups -OCH3 is 1. The summed E-state index contributed by atoms with van der Waals surface area (Å²) < 4.78 is 11.0. The number of aliphatic imine (C=N–C) groups is 1. The van der Waals surface area contributed by atoms with Crippen LogP contribution in [0, 0.1) is 0 Å². The van der Waals surface area contributed by atoms with E-state index < -0.39 is 0 Å². The number of amidine groups is 1. The molecule has 1 aliphatic heterocycles. The summed E-state index contributed by atoms with van der Waals surface area (Å²) in [5, 5.41) is 3.27. The molecule has 2 aromatic carbocycles. The van der Waals surface area contributed by atoms with Crippen LogP contribution in [-0.2, 0) is 0 Å². The second-order valence-corrected chi connectivity index (χ2v) is 4.84. The van der Waals surface area contributed by atoms with Crippen molar-refractivity contribution < 1.29 is 9.47 Å². The number of benzene rings is 2. The Hall–Kier alpha value is -2.69. The first-order valence-corrected chi connectivity index (χ1v) is 6.71. The number of nitrogens with zero attached hydrogens (tertiary/aromatic N) is 1. The van der Waals surface area contributed by atoms with Crippen molar-refractivity contribution in [2.45, 2.75) is 13.0 Å². The zero-order valence-corrected chi connectivity index (χ0v) is 12.0. The molecule has 1 unspecified atom stereocenters. The van der Waals surface area contributed by atoms with Gasteiger partial charge in [-0.25, -0.2) is 4.99 Å². The monoisotopic (exact) mass is 283 g/mol. The van der Waals surface area contributed by atoms with Gasteiger partial charge in [-0.3, -0.25) is 0 Å². The average Bonchev–Trinajstić information content (AvgIpc) is 2.49. The van der Waals surface area contributed by atoms with Crippen molar-refractivity contribution in [2.24, 2.45) is 4.99 Å². The number of hydrogen-bond acceptors (Lipinski definition) is 5. The van der Waals surface area contributed by atoms with Crippen LogP contribution in [0.25, 0.3) is 0 Å². The molecule has 3 rings (SSSR count). The number of ether oxygens (including phenoxy) is 2. The van der Waals surface area contributed by atoms with Crippen LogP contribution >= 0.6 is 0 Å². The van der Waals surface area contributed by atoms with E-state index in [1.54, 1.807) is 13.2 Å². The van der Waals surface area contributed by atoms with Crippen LogP contribution in [-0.4, -0.2) is 19.0 Å². The fourth-order valence-electron chi connectivity index (χ4n) is 2.14. The van der Waals surface area contributed by atoms with Gasteiger partial charge in [0.2, 0.25) is 0 Å². The minimum Gasteiger partial charge on any atom is -0.497 e. The smallest absolute Gasteiger partial charge is 0.153 e. The van der Waals surface area contributed by atoms with E-state index in [0.29, 0.717) is 5.69 Å². The predicted octanol–water partition coefficient (Wildman–Crippen LogP) is 3.20. The molecule has 1 heterocycles. The molecule has 21 heavy (non-hydrogen) atoms. The lowest BCUT2D eigenvalue weighted by molar-refractivity contribution is 0.283. The van der Waals surface area contributed by atoms with Crippen molar-refractivity contribution >= 4 is 22.9 Å². The van der Waals surface area contributed by atoms with E-state index in [1.165, 1.54) is 0 Å². The average molecular weight is 283 g/mol. The Morgan fingerprint density at radius 3 is 2.67 bits per heavy atom. The maximum absolute atomic E-state index is 5.84. The van der Waals surface area contributed by atoms with E-state index in [4.69, 9.17) is 15.2 Å². The largest absolute Gasteiger partial charge is 0.497 e. The van der Waals surface area contributed by atoms with Crippen LogP contribution in [0.2, 0.25) is 0 Å². The summed E-state index contributed by atoms with van der Waals surface area (Å²) in [5.41, 5.74) is 8.12. The molecule has 0 fully saturated rings. The molecule has 0 aromatic heterocycles. The molecule has 1 aliphatic rings. The Morgan fingerprint density at radius 2 is 1.95 bits per heavy atom. The van der Waals surface area contributed by atoms with E-state index in [1.807, 2.05) is 43.3 Å². The van der Waals surface area contributed by atoms with Gasteiger partial charge in [0.25, 0.3) is 0 Å². The third-order valence-electron chi connectivity index (χ3n) is 3.28. The Morgan fingerprint density at radius 1 is 1.19 bits per heavy atom. The summed E-state index contributed by atoms with van der Waals surface area (Å²) in [4.78, 5) is 4.59. The highest BCUT2D eigenvalue weighted by Gasteiger charge is 2.20. The number of nitrogen functional groups attached to an aromatic ring is 1. The fourth-order valence-corrected chi connectivity index (χ4v) is 2.14. The van der Waals surface area contributed by atoms with Crippen molar-refractivity contribution in [1.29, 1.82) is 0 Å². The fraction of sp³-hybridized carbons (Fsp3) is 0.188. The minimum absolute atomic E-state index is 0.150. The summed E-state index contributed by atoms with van der Waals surface area (Å²) in [7, 11) is 1.64. The van der Waals surface area contributed by atoms with Crippen molar-refractivity contribution in [3.63, 3.8) is 0 Å². The second-order valence-electron chi connectivity index (χ2n) is 4.84. The number of nitrogens with two attached hydrogens (primary N) is 1. The van der Waals surface area contributed by atoms with E-state index in [2.05, 4.69) is 10.3 Å². The van der Waals surface area contributed by atoms with Gasteiger partial charge in [-0.15, -0.1) is 0 Å². The molecule has 5 heteroatoms. The summed E-state index contributed by atoms with van der Waals surface area (Å²) in [6.45, 7) is 1.95. The van der Waals surface area contributed by atoms with Gasteiger partial charge < -0.3 is 20.5 Å². The first-order valence-electron chi connectivity index (χ1n) is 6.71. The molecule has 0 saturated heterocycles. The zero-order chi connectivity index (χ0) is 14.8. The molecule has 0 bridgehead atoms. The molecular formula is C16H17N3O2. The maximum atomic E-state index is 5.84. The summed E-state index contributed by atoms with van der Waals surface area (Å²) in [5.74, 6) is 2.31. The second kappa shape index (κ2) is 5.36. The van der Waals surface area contributed by atoms with Gasteiger partial charge in [0.15, 0.2) is 6.10 Å². The van der Waals surface area contributed by atoms with Crippen LogP contribution in [0.5, 0.6) is 11.5 Å². The van der Waals surface area contributed by atoms with Gasteiger partial charge in [-0.1, -0.05) is 0 Å². The molecule has 0 aliphatic carbocycles. The standard InChI is InChI=1S/C16H17N3O2/c1-10-16(18-12-4-6-13(20-2)7-5-12)19-14-9-11(17)3-8-15(14)21-10/h3-10H,17H2,1-2H3,(H,18,19). The van der Waals surface area contributed by atoms with Crippen molar-refractivity contribution in [1.82, 2.24) is 0 Å². The Bertz CT molecular complexity index is 680. The van der Waals surface area contributed by atoms with Crippen LogP contribution in [0.4, 0.5) is 17.1 Å². The maximum Gasteiger partial charge on any atom is 0.153 e. The molecule has 0 amide bonds. The predicted molar refractivity (Wildman–Crippen MR) is 84.7 cm³/mol. The number of nitrogens with one attached hydrogen (secondary N) is 1. The first kappa shape index (κ1) is 13.3. The van der Waals surface area contributed by atoms with Gasteiger partial charge in [0, 0.05) is 11.4 Å². The lowest BCUT2D eigenvalue weighted by Crippen LogP contribution is -2.32. The Balaban J connectivity index is 1.86. The third kappa shape index (κ3) is 2.76. The molecular weight excluding hydrogens is 266 g/mol. The van der Waals surface area contributed by atoms with E-state index >= 15 is 0 Å². The van der Waals surface area contributed by atoms with Crippen molar-refractivity contribution in [2.75, 3.05) is 18.2 Å². The number of rotatable bonds is 2. The number of anilines is 2. The van der Waals surface area contributed by atoms with Crippen LogP contribution in [0.1, 0.15) is 6.92 Å². The van der Waals surface area contributed by atoms with E-state index in [0.717, 1.165) is 28.7 Å². The molecule has 0 saturated carbocycles. The van der Waals surface area contributed by atoms with Gasteiger partial charge in [-0.05, 0) is 49.4 Å². The SMILES string of the molecule is COc1ccc(NC2=Nc3cc(N)ccc3OC2C)cc1. The quantitative estimate of drug-likeness (QED) is 0.830. The topological polar surface area (TPSA) is 68.9 Å². The highest BCUT2D eigenvalue weighted by Crippen LogP contribution is 2.34. The normalized spacial score (nSPS) is 16.5. The number of fused-ring (bicyclic) bond motifs is 1. The molecule has 3 N–H and O–H groups in total. The lowest BCUT2D eigenvalue weighted by atomic mass is 10.2. The molecule has 2 aromatic rings. The van der Waals surface area contributed by atoms with Crippen LogP contribution < -0.4 is 20.5 Å². The Kier molecular flexibility index (Phi) is 3.39. The Labute approximate surface area is 123 Å². The van der Waals surface area contributed by atoms with Gasteiger partial charge in [0.05, 0.1) is 7.11 Å². The lowest BCUT2D eigenvalue weighted by Gasteiger charge is -2.24. The summed E-state index contributed by atoms with van der Waals surface area (Å²) in [6, 6.07) is 13.1. The molecule has 5 nitrogen and oxygen atoms in total. The van der Waals surface area contributed by atoms with Gasteiger partial charge in [0.1, 0.15) is 23.0 Å². The zero-order valence-electron chi connectivity index (χ0n) is 12.0.